The van der Waals surface area contributed by atoms with Gasteiger partial charge >= 0.3 is 0 Å². The molecule has 0 saturated carbocycles. The van der Waals surface area contributed by atoms with E-state index in [9.17, 15) is 0 Å². The molecular weight excluding hydrogens is 238 g/mol. The third-order valence-corrected chi connectivity index (χ3v) is 2.88. The van der Waals surface area contributed by atoms with E-state index in [1.54, 1.807) is 14.2 Å². The molecule has 0 fully saturated rings. The van der Waals surface area contributed by atoms with Gasteiger partial charge < -0.3 is 0 Å². The number of nitrogens with zero attached hydrogens (tertiary/aromatic N) is 1. The lowest BCUT2D eigenvalue weighted by Gasteiger charge is -2.18. The highest BCUT2D eigenvalue weighted by Crippen LogP contribution is 2.24. The first kappa shape index (κ1) is 13.3. The van der Waals surface area contributed by atoms with Gasteiger partial charge in [0.05, 0.1) is 19.9 Å². The molecule has 19 heavy (non-hydrogen) atoms. The average Bonchev–Trinajstić information content (AvgIpc) is 2.49. The van der Waals surface area contributed by atoms with Crippen molar-refractivity contribution in [2.24, 2.45) is 0 Å². The lowest BCUT2D eigenvalue weighted by molar-refractivity contribution is -0.0433. The van der Waals surface area contributed by atoms with Crippen LogP contribution in [0.3, 0.4) is 0 Å². The summed E-state index contributed by atoms with van der Waals surface area (Å²) in [7, 11) is 3.11. The van der Waals surface area contributed by atoms with E-state index < -0.39 is 0 Å². The highest BCUT2D eigenvalue weighted by atomic mass is 16.9. The van der Waals surface area contributed by atoms with Gasteiger partial charge in [-0.15, -0.1) is 5.23 Å². The molecule has 0 bridgehead atoms. The quantitative estimate of drug-likeness (QED) is 0.761. The van der Waals surface area contributed by atoms with Crippen LogP contribution in [0.15, 0.2) is 61.2 Å². The van der Waals surface area contributed by atoms with Gasteiger partial charge in [0.15, 0.2) is 0 Å². The molecule has 3 nitrogen and oxygen atoms in total. The molecule has 0 atom stereocenters. The smallest absolute Gasteiger partial charge is 0.0947 e. The van der Waals surface area contributed by atoms with Crippen LogP contribution in [-0.2, 0) is 9.68 Å². The lowest BCUT2D eigenvalue weighted by atomic mass is 10.00. The zero-order valence-corrected chi connectivity index (χ0v) is 11.2. The van der Waals surface area contributed by atoms with Crippen molar-refractivity contribution in [2.45, 2.75) is 0 Å². The molecule has 98 valence electrons. The van der Waals surface area contributed by atoms with E-state index >= 15 is 0 Å². The number of rotatable bonds is 5. The molecule has 3 heteroatoms. The molecule has 2 aromatic rings. The Labute approximate surface area is 113 Å². The molecular formula is C16H17NO2. The molecule has 0 aliphatic rings. The Morgan fingerprint density at radius 3 is 1.89 bits per heavy atom. The summed E-state index contributed by atoms with van der Waals surface area (Å²) in [4.78, 5) is 10.1. The minimum atomic E-state index is 0.828. The standard InChI is InChI=1S/C16H17NO2/c1-13(14-7-5-4-6-8-14)15-9-11-16(12-10-15)17(18-2)19-3/h4-12H,1H2,2-3H3. The van der Waals surface area contributed by atoms with Gasteiger partial charge in [0.25, 0.3) is 0 Å². The molecule has 0 unspecified atom stereocenters. The van der Waals surface area contributed by atoms with Crippen LogP contribution in [0, 0.1) is 0 Å². The Morgan fingerprint density at radius 2 is 1.37 bits per heavy atom. The van der Waals surface area contributed by atoms with E-state index in [0.717, 1.165) is 22.4 Å². The molecule has 0 aliphatic carbocycles. The van der Waals surface area contributed by atoms with Crippen molar-refractivity contribution in [3.05, 3.63) is 72.3 Å². The molecule has 0 saturated heterocycles. The van der Waals surface area contributed by atoms with Crippen LogP contribution in [0.1, 0.15) is 11.1 Å². The molecule has 0 N–H and O–H groups in total. The fourth-order valence-corrected chi connectivity index (χ4v) is 1.88. The minimum absolute atomic E-state index is 0.828. The second kappa shape index (κ2) is 6.18. The van der Waals surface area contributed by atoms with Crippen LogP contribution < -0.4 is 5.23 Å². The fourth-order valence-electron chi connectivity index (χ4n) is 1.88. The summed E-state index contributed by atoms with van der Waals surface area (Å²) in [5.41, 5.74) is 4.01. The zero-order chi connectivity index (χ0) is 13.7. The van der Waals surface area contributed by atoms with Crippen molar-refractivity contribution in [3.8, 4) is 0 Å². The van der Waals surface area contributed by atoms with Crippen molar-refractivity contribution in [2.75, 3.05) is 19.4 Å². The monoisotopic (exact) mass is 255 g/mol. The summed E-state index contributed by atoms with van der Waals surface area (Å²) in [5, 5.41) is 1.34. The molecule has 2 aromatic carbocycles. The second-order valence-electron chi connectivity index (χ2n) is 4.01. The van der Waals surface area contributed by atoms with E-state index in [4.69, 9.17) is 9.68 Å². The maximum atomic E-state index is 5.06. The maximum Gasteiger partial charge on any atom is 0.0947 e. The minimum Gasteiger partial charge on any atom is -0.252 e. The molecule has 2 rings (SSSR count). The fraction of sp³-hybridized carbons (Fsp3) is 0.125. The molecule has 0 spiro atoms. The first-order chi connectivity index (χ1) is 9.26. The van der Waals surface area contributed by atoms with Gasteiger partial charge in [0, 0.05) is 0 Å². The Kier molecular flexibility index (Phi) is 4.34. The normalized spacial score (nSPS) is 10.2. The van der Waals surface area contributed by atoms with Gasteiger partial charge in [-0.1, -0.05) is 49.0 Å². The molecule has 0 aliphatic heterocycles. The Hall–Kier alpha value is -2.10. The van der Waals surface area contributed by atoms with E-state index in [1.165, 1.54) is 5.23 Å². The third-order valence-electron chi connectivity index (χ3n) is 2.88. The number of anilines is 1. The molecule has 0 radical (unpaired) electrons. The van der Waals surface area contributed by atoms with Crippen molar-refractivity contribution in [1.29, 1.82) is 0 Å². The summed E-state index contributed by atoms with van der Waals surface area (Å²) < 4.78 is 0. The Balaban J connectivity index is 2.21. The van der Waals surface area contributed by atoms with Crippen LogP contribution in [0.25, 0.3) is 5.57 Å². The number of benzene rings is 2. The second-order valence-corrected chi connectivity index (χ2v) is 4.01. The summed E-state index contributed by atoms with van der Waals surface area (Å²) in [5.74, 6) is 0. The maximum absolute atomic E-state index is 5.06. The lowest BCUT2D eigenvalue weighted by Crippen LogP contribution is -2.19. The van der Waals surface area contributed by atoms with Crippen molar-refractivity contribution >= 4 is 11.3 Å². The number of hydrogen-bond acceptors (Lipinski definition) is 3. The van der Waals surface area contributed by atoms with Crippen LogP contribution in [0.4, 0.5) is 5.69 Å². The molecule has 0 aromatic heterocycles. The molecule has 0 amide bonds. The predicted molar refractivity (Wildman–Crippen MR) is 77.5 cm³/mol. The van der Waals surface area contributed by atoms with Gasteiger partial charge in [0.1, 0.15) is 0 Å². The van der Waals surface area contributed by atoms with Crippen molar-refractivity contribution < 1.29 is 9.68 Å². The van der Waals surface area contributed by atoms with E-state index in [2.05, 4.69) is 6.58 Å². The number of hydrogen-bond donors (Lipinski definition) is 0. The van der Waals surface area contributed by atoms with Gasteiger partial charge in [-0.25, -0.2) is 0 Å². The van der Waals surface area contributed by atoms with Gasteiger partial charge in [-0.3, -0.25) is 9.68 Å². The van der Waals surface area contributed by atoms with Gasteiger partial charge in [-0.05, 0) is 28.8 Å². The summed E-state index contributed by atoms with van der Waals surface area (Å²) in [6.07, 6.45) is 0. The van der Waals surface area contributed by atoms with E-state index in [-0.39, 0.29) is 0 Å². The van der Waals surface area contributed by atoms with E-state index in [0.29, 0.717) is 0 Å². The topological polar surface area (TPSA) is 21.7 Å². The van der Waals surface area contributed by atoms with Gasteiger partial charge in [-0.2, -0.15) is 0 Å². The van der Waals surface area contributed by atoms with Crippen LogP contribution in [-0.4, -0.2) is 14.2 Å². The first-order valence-corrected chi connectivity index (χ1v) is 5.99. The van der Waals surface area contributed by atoms with Gasteiger partial charge in [0.2, 0.25) is 0 Å². The first-order valence-electron chi connectivity index (χ1n) is 5.99. The largest absolute Gasteiger partial charge is 0.252 e. The summed E-state index contributed by atoms with van der Waals surface area (Å²) in [6, 6.07) is 18.0. The third kappa shape index (κ3) is 3.02. The Bertz CT molecular complexity index is 530. The molecule has 0 heterocycles. The average molecular weight is 255 g/mol. The van der Waals surface area contributed by atoms with Crippen molar-refractivity contribution in [1.82, 2.24) is 0 Å². The van der Waals surface area contributed by atoms with Crippen LogP contribution in [0.2, 0.25) is 0 Å². The van der Waals surface area contributed by atoms with E-state index in [1.807, 2.05) is 54.6 Å². The van der Waals surface area contributed by atoms with Crippen LogP contribution in [0.5, 0.6) is 0 Å². The summed E-state index contributed by atoms with van der Waals surface area (Å²) >= 11 is 0. The Morgan fingerprint density at radius 1 is 0.842 bits per heavy atom. The predicted octanol–water partition coefficient (Wildman–Crippen LogP) is 3.68. The highest BCUT2D eigenvalue weighted by molar-refractivity contribution is 5.78. The zero-order valence-electron chi connectivity index (χ0n) is 11.2. The SMILES string of the molecule is C=C(c1ccccc1)c1ccc(N(OC)OC)cc1. The summed E-state index contributed by atoms with van der Waals surface area (Å²) in [6.45, 7) is 4.13. The highest BCUT2D eigenvalue weighted by Gasteiger charge is 2.06. The van der Waals surface area contributed by atoms with Crippen molar-refractivity contribution in [3.63, 3.8) is 0 Å². The van der Waals surface area contributed by atoms with Crippen LogP contribution >= 0.6 is 0 Å².